The highest BCUT2D eigenvalue weighted by atomic mass is 16.5. The Balaban J connectivity index is 1.73. The van der Waals surface area contributed by atoms with Gasteiger partial charge in [0.05, 0.1) is 23.8 Å². The summed E-state index contributed by atoms with van der Waals surface area (Å²) in [6.45, 7) is 5.62. The van der Waals surface area contributed by atoms with Crippen molar-refractivity contribution in [3.8, 4) is 16.9 Å². The summed E-state index contributed by atoms with van der Waals surface area (Å²) in [7, 11) is 1.64. The monoisotopic (exact) mass is 442 g/mol. The Kier molecular flexibility index (Phi) is 4.89. The molecule has 5 aromatic rings. The molecule has 10 heteroatoms. The molecule has 5 rings (SSSR count). The van der Waals surface area contributed by atoms with E-state index in [-0.39, 0.29) is 0 Å². The lowest BCUT2D eigenvalue weighted by molar-refractivity contribution is 0.393. The van der Waals surface area contributed by atoms with Crippen LogP contribution in [0.4, 0.5) is 5.82 Å². The number of aromatic nitrogens is 6. The average Bonchev–Trinajstić information content (AvgIpc) is 3.34. The highest BCUT2D eigenvalue weighted by Gasteiger charge is 2.21. The SMILES string of the molecule is COc1cc2c(cc1-c1c(C)noc1C)[nH]c1nc(C)nc(NC(=CN)c3ncccn3)c12. The van der Waals surface area contributed by atoms with Crippen LogP contribution in [0, 0.1) is 20.8 Å². The number of ether oxygens (including phenoxy) is 1. The number of methoxy groups -OCH3 is 1. The van der Waals surface area contributed by atoms with Gasteiger partial charge in [0.15, 0.2) is 5.82 Å². The van der Waals surface area contributed by atoms with Crippen molar-refractivity contribution in [2.24, 2.45) is 5.73 Å². The van der Waals surface area contributed by atoms with E-state index in [9.17, 15) is 0 Å². The predicted molar refractivity (Wildman–Crippen MR) is 125 cm³/mol. The van der Waals surface area contributed by atoms with Crippen molar-refractivity contribution in [2.45, 2.75) is 20.8 Å². The molecule has 4 aromatic heterocycles. The second kappa shape index (κ2) is 7.90. The number of aryl methyl sites for hydroxylation is 3. The zero-order valence-corrected chi connectivity index (χ0v) is 18.6. The summed E-state index contributed by atoms with van der Waals surface area (Å²) < 4.78 is 11.1. The number of anilines is 1. The molecule has 0 fully saturated rings. The van der Waals surface area contributed by atoms with Gasteiger partial charge in [-0.25, -0.2) is 19.9 Å². The van der Waals surface area contributed by atoms with Crippen LogP contribution in [0.15, 0.2) is 41.3 Å². The van der Waals surface area contributed by atoms with Crippen LogP contribution in [-0.4, -0.2) is 37.2 Å². The number of rotatable bonds is 5. The fourth-order valence-electron chi connectivity index (χ4n) is 4.00. The van der Waals surface area contributed by atoms with E-state index in [0.29, 0.717) is 34.6 Å². The highest BCUT2D eigenvalue weighted by molar-refractivity contribution is 6.13. The number of hydrogen-bond acceptors (Lipinski definition) is 9. The fourth-order valence-corrected chi connectivity index (χ4v) is 4.00. The molecule has 1 aromatic carbocycles. The molecule has 0 aliphatic rings. The van der Waals surface area contributed by atoms with Gasteiger partial charge in [0.1, 0.15) is 34.5 Å². The third-order valence-corrected chi connectivity index (χ3v) is 5.41. The number of nitrogens with two attached hydrogens (primary N) is 1. The maximum atomic E-state index is 5.88. The molecule has 0 unspecified atom stereocenters. The molecule has 0 saturated carbocycles. The van der Waals surface area contributed by atoms with Gasteiger partial charge in [-0.1, -0.05) is 5.16 Å². The lowest BCUT2D eigenvalue weighted by atomic mass is 10.0. The quantitative estimate of drug-likeness (QED) is 0.370. The van der Waals surface area contributed by atoms with E-state index in [1.165, 1.54) is 6.20 Å². The standard InChI is InChI=1S/C23H22N8O2/c1-11-19(12(2)33-31-11)15-8-16-14(9-18(15)32-4)20-22(29-16)27-13(3)28-23(20)30-17(10-24)21-25-6-5-7-26-21/h5-10H,24H2,1-4H3,(H2,27,28,29,30). The van der Waals surface area contributed by atoms with Gasteiger partial charge >= 0.3 is 0 Å². The number of hydrogen-bond donors (Lipinski definition) is 3. The fraction of sp³-hybridized carbons (Fsp3) is 0.174. The molecule has 4 heterocycles. The normalized spacial score (nSPS) is 11.9. The molecule has 0 saturated heterocycles. The molecule has 0 aliphatic carbocycles. The summed E-state index contributed by atoms with van der Waals surface area (Å²) >= 11 is 0. The minimum Gasteiger partial charge on any atom is -0.496 e. The van der Waals surface area contributed by atoms with E-state index >= 15 is 0 Å². The van der Waals surface area contributed by atoms with Gasteiger partial charge in [-0.15, -0.1) is 0 Å². The minimum absolute atomic E-state index is 0.461. The largest absolute Gasteiger partial charge is 0.496 e. The highest BCUT2D eigenvalue weighted by Crippen LogP contribution is 2.40. The van der Waals surface area contributed by atoms with Crippen molar-refractivity contribution in [1.82, 2.24) is 30.1 Å². The summed E-state index contributed by atoms with van der Waals surface area (Å²) in [6, 6.07) is 5.72. The van der Waals surface area contributed by atoms with Crippen molar-refractivity contribution in [3.05, 3.63) is 59.9 Å². The smallest absolute Gasteiger partial charge is 0.177 e. The van der Waals surface area contributed by atoms with Crippen LogP contribution in [0.25, 0.3) is 38.8 Å². The lowest BCUT2D eigenvalue weighted by Crippen LogP contribution is -2.07. The van der Waals surface area contributed by atoms with Crippen molar-refractivity contribution >= 4 is 33.5 Å². The lowest BCUT2D eigenvalue weighted by Gasteiger charge is -2.11. The maximum absolute atomic E-state index is 5.88. The number of fused-ring (bicyclic) bond motifs is 3. The summed E-state index contributed by atoms with van der Waals surface area (Å²) in [6.07, 6.45) is 4.73. The van der Waals surface area contributed by atoms with Crippen molar-refractivity contribution < 1.29 is 9.26 Å². The number of aromatic amines is 1. The van der Waals surface area contributed by atoms with E-state index in [1.807, 2.05) is 32.9 Å². The Morgan fingerprint density at radius 3 is 2.61 bits per heavy atom. The molecule has 33 heavy (non-hydrogen) atoms. The molecule has 0 bridgehead atoms. The third-order valence-electron chi connectivity index (χ3n) is 5.41. The first-order valence-corrected chi connectivity index (χ1v) is 10.3. The van der Waals surface area contributed by atoms with E-state index in [2.05, 4.69) is 35.4 Å². The molecule has 0 atom stereocenters. The first kappa shape index (κ1) is 20.4. The first-order valence-electron chi connectivity index (χ1n) is 10.3. The van der Waals surface area contributed by atoms with Crippen molar-refractivity contribution in [2.75, 3.05) is 12.4 Å². The second-order valence-corrected chi connectivity index (χ2v) is 7.54. The van der Waals surface area contributed by atoms with E-state index < -0.39 is 0 Å². The van der Waals surface area contributed by atoms with Gasteiger partial charge in [-0.2, -0.15) is 0 Å². The Morgan fingerprint density at radius 2 is 1.94 bits per heavy atom. The van der Waals surface area contributed by atoms with Gasteiger partial charge in [-0.05, 0) is 39.0 Å². The Morgan fingerprint density at radius 1 is 1.15 bits per heavy atom. The Labute approximate surface area is 188 Å². The summed E-state index contributed by atoms with van der Waals surface area (Å²) in [5.74, 6) is 3.05. The van der Waals surface area contributed by atoms with Crippen LogP contribution in [0.5, 0.6) is 5.75 Å². The molecule has 4 N–H and O–H groups in total. The zero-order valence-electron chi connectivity index (χ0n) is 18.6. The predicted octanol–water partition coefficient (Wildman–Crippen LogP) is 3.86. The third kappa shape index (κ3) is 3.41. The van der Waals surface area contributed by atoms with Crippen LogP contribution in [0.1, 0.15) is 23.1 Å². The summed E-state index contributed by atoms with van der Waals surface area (Å²) in [4.78, 5) is 21.2. The van der Waals surface area contributed by atoms with Crippen LogP contribution >= 0.6 is 0 Å². The summed E-state index contributed by atoms with van der Waals surface area (Å²) in [5, 5.41) is 9.06. The number of nitrogens with zero attached hydrogens (tertiary/aromatic N) is 5. The number of H-pyrrole nitrogens is 1. The number of nitrogens with one attached hydrogen (secondary N) is 2. The maximum Gasteiger partial charge on any atom is 0.177 e. The molecule has 0 amide bonds. The molecular formula is C23H22N8O2. The topological polar surface area (TPSA) is 141 Å². The van der Waals surface area contributed by atoms with Crippen LogP contribution < -0.4 is 15.8 Å². The molecule has 0 spiro atoms. The molecule has 166 valence electrons. The van der Waals surface area contributed by atoms with Gasteiger partial charge in [-0.3, -0.25) is 0 Å². The van der Waals surface area contributed by atoms with Crippen LogP contribution in [-0.2, 0) is 0 Å². The molecule has 10 nitrogen and oxygen atoms in total. The van der Waals surface area contributed by atoms with Gasteiger partial charge in [0.25, 0.3) is 0 Å². The Bertz CT molecular complexity index is 1500. The summed E-state index contributed by atoms with van der Waals surface area (Å²) in [5.41, 5.74) is 10.5. The molecular weight excluding hydrogens is 420 g/mol. The van der Waals surface area contributed by atoms with E-state index in [1.54, 1.807) is 25.6 Å². The minimum atomic E-state index is 0.461. The van der Waals surface area contributed by atoms with Gasteiger partial charge < -0.3 is 25.3 Å². The van der Waals surface area contributed by atoms with Gasteiger partial charge in [0, 0.05) is 35.1 Å². The van der Waals surface area contributed by atoms with Crippen LogP contribution in [0.3, 0.4) is 0 Å². The first-order chi connectivity index (χ1) is 16.0. The average molecular weight is 442 g/mol. The van der Waals surface area contributed by atoms with Gasteiger partial charge in [0.2, 0.25) is 0 Å². The second-order valence-electron chi connectivity index (χ2n) is 7.54. The zero-order chi connectivity index (χ0) is 23.1. The molecule has 0 radical (unpaired) electrons. The van der Waals surface area contributed by atoms with E-state index in [4.69, 9.17) is 15.0 Å². The Hall–Kier alpha value is -4.47. The van der Waals surface area contributed by atoms with Crippen molar-refractivity contribution in [1.29, 1.82) is 0 Å². The number of benzene rings is 1. The van der Waals surface area contributed by atoms with Crippen LogP contribution in [0.2, 0.25) is 0 Å². The molecule has 0 aliphatic heterocycles. The van der Waals surface area contributed by atoms with Crippen molar-refractivity contribution in [3.63, 3.8) is 0 Å². The van der Waals surface area contributed by atoms with E-state index in [0.717, 1.165) is 38.9 Å².